The molecule has 2 aliphatic rings. The van der Waals surface area contributed by atoms with Crippen LogP contribution < -0.4 is 33.3 Å². The van der Waals surface area contributed by atoms with Crippen LogP contribution in [0, 0.1) is 12.8 Å². The molecule has 2 aromatic carbocycles. The van der Waals surface area contributed by atoms with Crippen LogP contribution in [0.25, 0.3) is 11.1 Å². The minimum atomic E-state index is -2.31. The van der Waals surface area contributed by atoms with Gasteiger partial charge in [0.15, 0.2) is 0 Å². The first-order valence-corrected chi connectivity index (χ1v) is 27.9. The zero-order valence-corrected chi connectivity index (χ0v) is 35.8. The number of hydrogen-bond acceptors (Lipinski definition) is 0. The van der Waals surface area contributed by atoms with Gasteiger partial charge in [-0.3, -0.25) is 0 Å². The SMILES string of the molecule is CCCC[C](CCCC)=[Zr+2]([C]1=CC=CC1)[c]1c(CC(C)C(C)[Si](C)(C)C)ccc2c1Cc1cc(C)c([Si](C)(C)C)cc1-2.[Cl-].[Cl-]. The molecule has 0 N–H and O–H groups in total. The fourth-order valence-electron chi connectivity index (χ4n) is 7.51. The topological polar surface area (TPSA) is 0 Å². The Kier molecular flexibility index (Phi) is 15.1. The Morgan fingerprint density at radius 2 is 1.52 bits per heavy atom. The molecule has 4 rings (SSSR count). The number of aryl methyl sites for hydroxylation is 1. The van der Waals surface area contributed by atoms with E-state index in [1.54, 1.807) is 33.0 Å². The second-order valence-corrected chi connectivity index (χ2v) is 32.8. The maximum atomic E-state index is 2.64. The molecular weight excluding hydrogens is 687 g/mol. The molecule has 242 valence electrons. The van der Waals surface area contributed by atoms with Gasteiger partial charge >= 0.3 is 271 Å². The van der Waals surface area contributed by atoms with E-state index in [9.17, 15) is 0 Å². The van der Waals surface area contributed by atoms with Crippen molar-refractivity contribution in [3.8, 4) is 11.1 Å². The molecule has 0 radical (unpaired) electrons. The molecular formula is C39H60Cl2Si2Zr. The van der Waals surface area contributed by atoms with Crippen molar-refractivity contribution in [2.45, 2.75) is 137 Å². The molecule has 0 bridgehead atoms. The summed E-state index contributed by atoms with van der Waals surface area (Å²) in [5.74, 6) is 0.730. The standard InChI is InChI=1S/C25H37Si2.C9H18.C5H5.2ClH.Zr/c1-17(19(3)26(4,5)6)12-20-10-11-23-22(14-20)15-21-13-18(2)25(16-24(21)23)27(7,8)9;1-3-5-7-9-8-6-4-2;1-2-4-5-3-1;;;/h10-11,13,16-17,19H,12,15H2,1-9H3;3-8H2,1-2H3;1-3H,4H2;2*1H;/q;;;;;+2/p-2. The third-order valence-corrected chi connectivity index (χ3v) is 24.1. The molecule has 0 aliphatic heterocycles. The van der Waals surface area contributed by atoms with E-state index in [0.29, 0.717) is 0 Å². The van der Waals surface area contributed by atoms with E-state index in [0.717, 1.165) is 17.9 Å². The molecule has 44 heavy (non-hydrogen) atoms. The van der Waals surface area contributed by atoms with Crippen molar-refractivity contribution >= 4 is 27.8 Å². The predicted molar refractivity (Wildman–Crippen MR) is 194 cm³/mol. The smallest absolute Gasteiger partial charge is 1.00 e. The van der Waals surface area contributed by atoms with Gasteiger partial charge in [0.05, 0.1) is 0 Å². The molecule has 0 spiro atoms. The maximum Gasteiger partial charge on any atom is -1.00 e. The molecule has 2 atom stereocenters. The van der Waals surface area contributed by atoms with Gasteiger partial charge in [-0.1, -0.05) is 0 Å². The van der Waals surface area contributed by atoms with Crippen LogP contribution in [-0.4, -0.2) is 19.4 Å². The molecule has 0 saturated heterocycles. The Morgan fingerprint density at radius 3 is 2.05 bits per heavy atom. The van der Waals surface area contributed by atoms with E-state index in [1.807, 2.05) is 9.76 Å². The number of hydrogen-bond donors (Lipinski definition) is 0. The third kappa shape index (κ3) is 8.98. The van der Waals surface area contributed by atoms with E-state index in [1.165, 1.54) is 56.9 Å². The second-order valence-electron chi connectivity index (χ2n) is 15.7. The Morgan fingerprint density at radius 1 is 0.886 bits per heavy atom. The fourth-order valence-corrected chi connectivity index (χ4v) is 20.0. The van der Waals surface area contributed by atoms with Crippen molar-refractivity contribution in [2.75, 3.05) is 0 Å². The molecule has 0 fully saturated rings. The zero-order valence-electron chi connectivity index (χ0n) is 29.8. The summed E-state index contributed by atoms with van der Waals surface area (Å²) in [7, 11) is -2.63. The number of benzene rings is 2. The van der Waals surface area contributed by atoms with Crippen LogP contribution >= 0.6 is 0 Å². The number of allylic oxidation sites excluding steroid dienone is 4. The minimum absolute atomic E-state index is 0. The summed E-state index contributed by atoms with van der Waals surface area (Å²) in [6.45, 7) is 27.5. The first-order valence-electron chi connectivity index (χ1n) is 17.1. The van der Waals surface area contributed by atoms with E-state index < -0.39 is 37.4 Å². The summed E-state index contributed by atoms with van der Waals surface area (Å²) in [6.07, 6.45) is 19.0. The summed E-state index contributed by atoms with van der Waals surface area (Å²) in [5, 5.41) is 1.65. The normalized spacial score (nSPS) is 14.9. The molecule has 2 aliphatic carbocycles. The van der Waals surface area contributed by atoms with Gasteiger partial charge in [0.2, 0.25) is 0 Å². The quantitative estimate of drug-likeness (QED) is 0.224. The second kappa shape index (κ2) is 16.7. The third-order valence-electron chi connectivity index (χ3n) is 10.4. The Labute approximate surface area is 294 Å². The van der Waals surface area contributed by atoms with Crippen LogP contribution in [0.2, 0.25) is 44.8 Å². The van der Waals surface area contributed by atoms with Crippen LogP contribution in [0.5, 0.6) is 0 Å². The van der Waals surface area contributed by atoms with E-state index in [-0.39, 0.29) is 24.8 Å². The molecule has 5 heteroatoms. The van der Waals surface area contributed by atoms with Crippen molar-refractivity contribution in [2.24, 2.45) is 5.92 Å². The molecule has 2 aromatic rings. The van der Waals surface area contributed by atoms with E-state index in [2.05, 4.69) is 116 Å². The van der Waals surface area contributed by atoms with Gasteiger partial charge in [0.25, 0.3) is 0 Å². The van der Waals surface area contributed by atoms with Crippen LogP contribution in [0.15, 0.2) is 45.8 Å². The summed E-state index contributed by atoms with van der Waals surface area (Å²) < 4.78 is 5.76. The van der Waals surface area contributed by atoms with Gasteiger partial charge in [-0.25, -0.2) is 0 Å². The van der Waals surface area contributed by atoms with Crippen molar-refractivity contribution in [1.29, 1.82) is 0 Å². The van der Waals surface area contributed by atoms with Crippen molar-refractivity contribution in [1.82, 2.24) is 0 Å². The molecule has 0 amide bonds. The molecule has 0 nitrogen and oxygen atoms in total. The van der Waals surface area contributed by atoms with Gasteiger partial charge < -0.3 is 24.8 Å². The van der Waals surface area contributed by atoms with Crippen molar-refractivity contribution in [3.05, 3.63) is 68.0 Å². The van der Waals surface area contributed by atoms with Gasteiger partial charge in [-0.15, -0.1) is 0 Å². The van der Waals surface area contributed by atoms with E-state index in [4.69, 9.17) is 0 Å². The van der Waals surface area contributed by atoms with Gasteiger partial charge in [0.1, 0.15) is 0 Å². The average molecular weight is 747 g/mol. The number of fused-ring (bicyclic) bond motifs is 3. The van der Waals surface area contributed by atoms with Crippen LogP contribution in [0.1, 0.15) is 94.9 Å². The number of halogens is 2. The fraction of sp³-hybridized carbons (Fsp3) is 0.564. The molecule has 0 heterocycles. The number of unbranched alkanes of at least 4 members (excludes halogenated alkanes) is 2. The van der Waals surface area contributed by atoms with Gasteiger partial charge in [0, 0.05) is 0 Å². The minimum Gasteiger partial charge on any atom is -1.00 e. The Bertz CT molecular complexity index is 1380. The van der Waals surface area contributed by atoms with Gasteiger partial charge in [-0.05, 0) is 0 Å². The predicted octanol–water partition coefficient (Wildman–Crippen LogP) is 4.67. The Balaban J connectivity index is 0.00000337. The van der Waals surface area contributed by atoms with Crippen molar-refractivity contribution in [3.63, 3.8) is 0 Å². The first-order chi connectivity index (χ1) is 19.8. The zero-order chi connectivity index (χ0) is 30.8. The maximum absolute atomic E-state index is 2.64. The molecule has 0 aromatic heterocycles. The summed E-state index contributed by atoms with van der Waals surface area (Å²) in [5.41, 5.74) is 10.6. The van der Waals surface area contributed by atoms with Crippen LogP contribution in [0.3, 0.4) is 0 Å². The molecule has 2 unspecified atom stereocenters. The summed E-state index contributed by atoms with van der Waals surface area (Å²) >= 11 is -2.31. The summed E-state index contributed by atoms with van der Waals surface area (Å²) in [6, 6.07) is 10.4. The molecule has 0 saturated carbocycles. The van der Waals surface area contributed by atoms with E-state index >= 15 is 0 Å². The Hall–Kier alpha value is -0.313. The van der Waals surface area contributed by atoms with Crippen LogP contribution in [-0.2, 0) is 34.1 Å². The summed E-state index contributed by atoms with van der Waals surface area (Å²) in [4.78, 5) is 0. The largest absolute Gasteiger partial charge is 1.00 e. The first kappa shape index (κ1) is 39.9. The van der Waals surface area contributed by atoms with Crippen molar-refractivity contribution < 1.29 is 46.1 Å². The van der Waals surface area contributed by atoms with Crippen LogP contribution in [0.4, 0.5) is 0 Å². The monoisotopic (exact) mass is 744 g/mol. The number of rotatable bonds is 13. The average Bonchev–Trinajstić information content (AvgIpc) is 3.56. The van der Waals surface area contributed by atoms with Gasteiger partial charge in [-0.2, -0.15) is 0 Å².